The van der Waals surface area contributed by atoms with E-state index in [1.54, 1.807) is 12.3 Å². The molecule has 1 aromatic heterocycles. The van der Waals surface area contributed by atoms with Gasteiger partial charge in [-0.05, 0) is 37.8 Å². The molecule has 2 aliphatic rings. The first kappa shape index (κ1) is 22.7. The van der Waals surface area contributed by atoms with Gasteiger partial charge in [0.25, 0.3) is 0 Å². The number of hydrogen-bond acceptors (Lipinski definition) is 6. The van der Waals surface area contributed by atoms with Crippen LogP contribution >= 0.6 is 12.4 Å². The summed E-state index contributed by atoms with van der Waals surface area (Å²) in [5.74, 6) is 0.641. The number of pyridine rings is 1. The minimum absolute atomic E-state index is 0. The van der Waals surface area contributed by atoms with E-state index in [9.17, 15) is 9.59 Å². The number of halogens is 1. The van der Waals surface area contributed by atoms with Gasteiger partial charge in [0, 0.05) is 44.0 Å². The van der Waals surface area contributed by atoms with Crippen molar-refractivity contribution in [1.29, 1.82) is 5.41 Å². The van der Waals surface area contributed by atoms with Crippen LogP contribution in [0.5, 0.6) is 0 Å². The summed E-state index contributed by atoms with van der Waals surface area (Å²) in [6, 6.07) is 3.72. The van der Waals surface area contributed by atoms with Crippen molar-refractivity contribution in [2.24, 2.45) is 11.7 Å². The van der Waals surface area contributed by atoms with E-state index in [-0.39, 0.29) is 42.2 Å². The van der Waals surface area contributed by atoms with E-state index in [0.717, 1.165) is 31.5 Å². The van der Waals surface area contributed by atoms with Gasteiger partial charge < -0.3 is 25.6 Å². The van der Waals surface area contributed by atoms with Gasteiger partial charge in [0.15, 0.2) is 0 Å². The van der Waals surface area contributed by atoms with E-state index in [1.165, 1.54) is 7.11 Å². The lowest BCUT2D eigenvalue weighted by Gasteiger charge is -2.37. The van der Waals surface area contributed by atoms with Crippen molar-refractivity contribution < 1.29 is 14.3 Å². The van der Waals surface area contributed by atoms with Gasteiger partial charge in [-0.25, -0.2) is 9.78 Å². The summed E-state index contributed by atoms with van der Waals surface area (Å²) < 4.78 is 4.80. The lowest BCUT2D eigenvalue weighted by atomic mass is 9.86. The highest BCUT2D eigenvalue weighted by molar-refractivity contribution is 5.94. The SMILES string of the molecule is COC(=O)[C@H]1CC[C@H](NC(=O)N2CCN(c3ccc(C(=N)N)cn3)CC2)CC1.Cl. The second-order valence-electron chi connectivity index (χ2n) is 7.31. The maximum atomic E-state index is 12.6. The van der Waals surface area contributed by atoms with Gasteiger partial charge >= 0.3 is 12.0 Å². The molecule has 0 aromatic carbocycles. The number of amides is 2. The number of nitrogens with zero attached hydrogens (tertiary/aromatic N) is 3. The predicted octanol–water partition coefficient (Wildman–Crippen LogP) is 1.35. The zero-order valence-corrected chi connectivity index (χ0v) is 17.4. The van der Waals surface area contributed by atoms with E-state index in [4.69, 9.17) is 15.9 Å². The maximum Gasteiger partial charge on any atom is 0.317 e. The molecule has 1 aliphatic heterocycles. The van der Waals surface area contributed by atoms with Crippen LogP contribution in [0.1, 0.15) is 31.2 Å². The summed E-state index contributed by atoms with van der Waals surface area (Å²) in [6.07, 6.45) is 4.72. The van der Waals surface area contributed by atoms with Crippen LogP contribution in [-0.4, -0.2) is 67.1 Å². The summed E-state index contributed by atoms with van der Waals surface area (Å²) >= 11 is 0. The number of rotatable bonds is 4. The molecule has 10 heteroatoms. The summed E-state index contributed by atoms with van der Waals surface area (Å²) in [5, 5.41) is 10.5. The van der Waals surface area contributed by atoms with Crippen molar-refractivity contribution >= 4 is 36.1 Å². The van der Waals surface area contributed by atoms with Gasteiger partial charge in [0.1, 0.15) is 11.7 Å². The second kappa shape index (κ2) is 10.3. The number of methoxy groups -OCH3 is 1. The molecule has 0 atom stereocenters. The molecule has 3 rings (SSSR count). The molecular formula is C19H29ClN6O3. The number of carbonyl (C=O) groups excluding carboxylic acids is 2. The Balaban J connectivity index is 0.00000300. The van der Waals surface area contributed by atoms with Crippen LogP contribution in [0.4, 0.5) is 10.6 Å². The molecule has 0 spiro atoms. The minimum atomic E-state index is -0.147. The topological polar surface area (TPSA) is 125 Å². The molecule has 2 amide bonds. The summed E-state index contributed by atoms with van der Waals surface area (Å²) in [6.45, 7) is 2.66. The van der Waals surface area contributed by atoms with Gasteiger partial charge in [-0.1, -0.05) is 0 Å². The van der Waals surface area contributed by atoms with Crippen molar-refractivity contribution in [3.8, 4) is 0 Å². The van der Waals surface area contributed by atoms with E-state index < -0.39 is 0 Å². The van der Waals surface area contributed by atoms with Crippen LogP contribution in [-0.2, 0) is 9.53 Å². The Kier molecular flexibility index (Phi) is 8.07. The molecule has 4 N–H and O–H groups in total. The van der Waals surface area contributed by atoms with Crippen LogP contribution < -0.4 is 16.0 Å². The molecule has 2 heterocycles. The zero-order valence-electron chi connectivity index (χ0n) is 16.6. The largest absolute Gasteiger partial charge is 0.469 e. The molecule has 1 aromatic rings. The van der Waals surface area contributed by atoms with Crippen LogP contribution in [0.15, 0.2) is 18.3 Å². The van der Waals surface area contributed by atoms with Gasteiger partial charge in [0.2, 0.25) is 0 Å². The number of nitrogen functional groups attached to an aromatic ring is 1. The number of esters is 1. The van der Waals surface area contributed by atoms with Crippen molar-refractivity contribution in [3.63, 3.8) is 0 Å². The first-order chi connectivity index (χ1) is 13.5. The number of nitrogens with two attached hydrogens (primary N) is 1. The van der Waals surface area contributed by atoms with Crippen LogP contribution in [0.25, 0.3) is 0 Å². The normalized spacial score (nSPS) is 21.7. The number of hydrogen-bond donors (Lipinski definition) is 3. The second-order valence-corrected chi connectivity index (χ2v) is 7.31. The van der Waals surface area contributed by atoms with E-state index in [0.29, 0.717) is 31.7 Å². The smallest absolute Gasteiger partial charge is 0.317 e. The molecule has 160 valence electrons. The van der Waals surface area contributed by atoms with Crippen molar-refractivity contribution in [3.05, 3.63) is 23.9 Å². The molecule has 0 unspecified atom stereocenters. The summed E-state index contributed by atoms with van der Waals surface area (Å²) in [4.78, 5) is 32.5. The Bertz CT molecular complexity index is 713. The molecular weight excluding hydrogens is 396 g/mol. The third kappa shape index (κ3) is 5.72. The lowest BCUT2D eigenvalue weighted by Crippen LogP contribution is -2.54. The molecule has 1 aliphatic carbocycles. The molecule has 0 bridgehead atoms. The lowest BCUT2D eigenvalue weighted by molar-refractivity contribution is -0.146. The monoisotopic (exact) mass is 424 g/mol. The summed E-state index contributed by atoms with van der Waals surface area (Å²) in [5.41, 5.74) is 6.06. The third-order valence-corrected chi connectivity index (χ3v) is 5.54. The quantitative estimate of drug-likeness (QED) is 0.380. The number of urea groups is 1. The minimum Gasteiger partial charge on any atom is -0.469 e. The van der Waals surface area contributed by atoms with Crippen LogP contribution in [0.3, 0.4) is 0 Å². The van der Waals surface area contributed by atoms with Gasteiger partial charge in [-0.2, -0.15) is 0 Å². The van der Waals surface area contributed by atoms with E-state index in [1.807, 2.05) is 11.0 Å². The third-order valence-electron chi connectivity index (χ3n) is 5.54. The summed E-state index contributed by atoms with van der Waals surface area (Å²) in [7, 11) is 1.42. The van der Waals surface area contributed by atoms with Crippen molar-refractivity contribution in [2.45, 2.75) is 31.7 Å². The fraction of sp³-hybridized carbons (Fsp3) is 0.579. The highest BCUT2D eigenvalue weighted by atomic mass is 35.5. The molecule has 1 saturated carbocycles. The first-order valence-electron chi connectivity index (χ1n) is 9.66. The fourth-order valence-electron chi connectivity index (χ4n) is 3.78. The Hall–Kier alpha value is -2.55. The average molecular weight is 425 g/mol. The van der Waals surface area contributed by atoms with Gasteiger partial charge in [-0.3, -0.25) is 10.2 Å². The van der Waals surface area contributed by atoms with E-state index in [2.05, 4.69) is 15.2 Å². The molecule has 9 nitrogen and oxygen atoms in total. The first-order valence-corrected chi connectivity index (χ1v) is 9.66. The van der Waals surface area contributed by atoms with Crippen molar-refractivity contribution in [1.82, 2.24) is 15.2 Å². The number of nitrogens with one attached hydrogen (secondary N) is 2. The number of aromatic nitrogens is 1. The van der Waals surface area contributed by atoms with Gasteiger partial charge in [0.05, 0.1) is 13.0 Å². The standard InChI is InChI=1S/C19H28N6O3.ClH/c1-28-18(26)13-2-5-15(6-3-13)23-19(27)25-10-8-24(9-11-25)16-7-4-14(12-22-16)17(20)21;/h4,7,12-13,15H,2-3,5-6,8-11H2,1H3,(H3,20,21)(H,23,27);1H/t13-,15-;. The molecule has 1 saturated heterocycles. The molecule has 29 heavy (non-hydrogen) atoms. The number of anilines is 1. The molecule has 2 fully saturated rings. The number of piperazine rings is 1. The number of amidine groups is 1. The predicted molar refractivity (Wildman–Crippen MR) is 113 cm³/mol. The number of carbonyl (C=O) groups is 2. The number of ether oxygens (including phenoxy) is 1. The fourth-order valence-corrected chi connectivity index (χ4v) is 3.78. The van der Waals surface area contributed by atoms with Gasteiger partial charge in [-0.15, -0.1) is 12.4 Å². The van der Waals surface area contributed by atoms with Crippen LogP contribution in [0.2, 0.25) is 0 Å². The Morgan fingerprint density at radius 2 is 1.83 bits per heavy atom. The highest BCUT2D eigenvalue weighted by Crippen LogP contribution is 2.25. The van der Waals surface area contributed by atoms with Crippen molar-refractivity contribution in [2.75, 3.05) is 38.2 Å². The highest BCUT2D eigenvalue weighted by Gasteiger charge is 2.29. The Morgan fingerprint density at radius 3 is 2.34 bits per heavy atom. The maximum absolute atomic E-state index is 12.6. The van der Waals surface area contributed by atoms with Crippen LogP contribution in [0, 0.1) is 11.3 Å². The molecule has 0 radical (unpaired) electrons. The zero-order chi connectivity index (χ0) is 20.1. The average Bonchev–Trinajstić information content (AvgIpc) is 2.74. The van der Waals surface area contributed by atoms with E-state index >= 15 is 0 Å². The Morgan fingerprint density at radius 1 is 1.17 bits per heavy atom. The Labute approximate surface area is 176 Å².